The van der Waals surface area contributed by atoms with Gasteiger partial charge in [0.05, 0.1) is 0 Å². The first-order valence-electron chi connectivity index (χ1n) is 8.46. The lowest BCUT2D eigenvalue weighted by atomic mass is 10.2. The van der Waals surface area contributed by atoms with Crippen molar-refractivity contribution in [3.8, 4) is 0 Å². The number of aromatic nitrogens is 2. The molecule has 0 atom stereocenters. The first-order valence-corrected chi connectivity index (χ1v) is 8.46. The van der Waals surface area contributed by atoms with Crippen molar-refractivity contribution >= 4 is 34.7 Å². The number of hydrogen-bond acceptors (Lipinski definition) is 5. The third-order valence-electron chi connectivity index (χ3n) is 3.73. The van der Waals surface area contributed by atoms with Crippen LogP contribution in [0, 0.1) is 6.92 Å². The van der Waals surface area contributed by atoms with Crippen LogP contribution in [-0.4, -0.2) is 15.9 Å². The fourth-order valence-corrected chi connectivity index (χ4v) is 2.34. The highest BCUT2D eigenvalue weighted by atomic mass is 16.1. The van der Waals surface area contributed by atoms with Crippen molar-refractivity contribution in [1.29, 1.82) is 0 Å². The molecule has 132 valence electrons. The van der Waals surface area contributed by atoms with Gasteiger partial charge in [0.1, 0.15) is 5.82 Å². The van der Waals surface area contributed by atoms with Crippen LogP contribution in [0.15, 0.2) is 60.8 Å². The molecule has 6 nitrogen and oxygen atoms in total. The number of carbonyl (C=O) groups is 1. The lowest BCUT2D eigenvalue weighted by molar-refractivity contribution is -0.115. The van der Waals surface area contributed by atoms with Gasteiger partial charge in [0, 0.05) is 35.2 Å². The predicted octanol–water partition coefficient (Wildman–Crippen LogP) is 4.62. The van der Waals surface area contributed by atoms with Crippen molar-refractivity contribution in [2.45, 2.75) is 20.3 Å². The van der Waals surface area contributed by atoms with Crippen molar-refractivity contribution in [2.75, 3.05) is 16.0 Å². The molecule has 3 aromatic rings. The maximum absolute atomic E-state index is 11.6. The average molecular weight is 347 g/mol. The average Bonchev–Trinajstić information content (AvgIpc) is 2.65. The van der Waals surface area contributed by atoms with E-state index in [2.05, 4.69) is 25.9 Å². The molecule has 1 aromatic heterocycles. The molecule has 0 aliphatic heterocycles. The van der Waals surface area contributed by atoms with Gasteiger partial charge >= 0.3 is 0 Å². The molecule has 0 unspecified atom stereocenters. The van der Waals surface area contributed by atoms with Crippen LogP contribution in [0.3, 0.4) is 0 Å². The molecule has 6 heteroatoms. The Kier molecular flexibility index (Phi) is 5.43. The fraction of sp³-hybridized carbons (Fsp3) is 0.150. The lowest BCUT2D eigenvalue weighted by Gasteiger charge is -2.12. The van der Waals surface area contributed by atoms with Crippen molar-refractivity contribution in [2.24, 2.45) is 0 Å². The van der Waals surface area contributed by atoms with E-state index < -0.39 is 0 Å². The van der Waals surface area contributed by atoms with Crippen LogP contribution in [0.5, 0.6) is 0 Å². The maximum atomic E-state index is 11.6. The van der Waals surface area contributed by atoms with Crippen molar-refractivity contribution in [3.63, 3.8) is 0 Å². The molecule has 0 saturated carbocycles. The molecule has 1 amide bonds. The Morgan fingerprint density at radius 3 is 2.46 bits per heavy atom. The first-order chi connectivity index (χ1) is 12.6. The van der Waals surface area contributed by atoms with E-state index in [1.807, 2.05) is 68.4 Å². The number of benzene rings is 2. The van der Waals surface area contributed by atoms with Gasteiger partial charge in [-0.25, -0.2) is 4.98 Å². The minimum absolute atomic E-state index is 0.0188. The molecule has 2 aromatic carbocycles. The van der Waals surface area contributed by atoms with Gasteiger partial charge in [0.2, 0.25) is 11.9 Å². The summed E-state index contributed by atoms with van der Waals surface area (Å²) in [6.07, 6.45) is 2.21. The zero-order chi connectivity index (χ0) is 18.4. The summed E-state index contributed by atoms with van der Waals surface area (Å²) in [4.78, 5) is 20.4. The van der Waals surface area contributed by atoms with E-state index >= 15 is 0 Å². The normalized spacial score (nSPS) is 10.2. The Labute approximate surface area is 152 Å². The fourth-order valence-electron chi connectivity index (χ4n) is 2.34. The summed E-state index contributed by atoms with van der Waals surface area (Å²) >= 11 is 0. The number of nitrogens with one attached hydrogen (secondary N) is 3. The molecule has 0 saturated heterocycles. The quantitative estimate of drug-likeness (QED) is 0.606. The third-order valence-corrected chi connectivity index (χ3v) is 3.73. The first kappa shape index (κ1) is 17.4. The Hall–Kier alpha value is -3.41. The van der Waals surface area contributed by atoms with Gasteiger partial charge in [-0.3, -0.25) is 4.79 Å². The number of anilines is 5. The molecule has 0 aliphatic carbocycles. The number of rotatable bonds is 6. The second-order valence-electron chi connectivity index (χ2n) is 5.82. The monoisotopic (exact) mass is 347 g/mol. The van der Waals surface area contributed by atoms with Gasteiger partial charge in [-0.05, 0) is 37.3 Å². The molecule has 26 heavy (non-hydrogen) atoms. The van der Waals surface area contributed by atoms with E-state index in [1.54, 1.807) is 6.20 Å². The third kappa shape index (κ3) is 4.57. The number of aryl methyl sites for hydroxylation is 1. The molecular formula is C20H21N5O. The molecule has 0 fully saturated rings. The molecule has 3 rings (SSSR count). The van der Waals surface area contributed by atoms with Crippen LogP contribution in [-0.2, 0) is 4.79 Å². The molecule has 0 aliphatic rings. The van der Waals surface area contributed by atoms with Crippen LogP contribution in [0.4, 0.5) is 28.8 Å². The van der Waals surface area contributed by atoms with E-state index in [0.717, 1.165) is 22.6 Å². The van der Waals surface area contributed by atoms with Gasteiger partial charge in [0.25, 0.3) is 0 Å². The number of para-hydroxylation sites is 1. The topological polar surface area (TPSA) is 78.9 Å². The van der Waals surface area contributed by atoms with Crippen molar-refractivity contribution < 1.29 is 4.79 Å². The zero-order valence-corrected chi connectivity index (χ0v) is 14.8. The van der Waals surface area contributed by atoms with Crippen LogP contribution < -0.4 is 16.0 Å². The smallest absolute Gasteiger partial charge is 0.229 e. The standard InChI is InChI=1S/C20H21N5O/c1-3-18(26)22-16-10-7-11-17(12-16)23-19-14(2)13-21-20(25-19)24-15-8-5-4-6-9-15/h4-13H,3H2,1-2H3,(H,22,26)(H2,21,23,24,25). The van der Waals surface area contributed by atoms with E-state index in [4.69, 9.17) is 0 Å². The van der Waals surface area contributed by atoms with Gasteiger partial charge in [-0.2, -0.15) is 4.98 Å². The molecule has 0 bridgehead atoms. The summed E-state index contributed by atoms with van der Waals surface area (Å²) in [6.45, 7) is 3.76. The van der Waals surface area contributed by atoms with Crippen molar-refractivity contribution in [1.82, 2.24) is 9.97 Å². The molecule has 1 heterocycles. The van der Waals surface area contributed by atoms with E-state index in [0.29, 0.717) is 18.2 Å². The number of amides is 1. The zero-order valence-electron chi connectivity index (χ0n) is 14.8. The minimum Gasteiger partial charge on any atom is -0.340 e. The van der Waals surface area contributed by atoms with Gasteiger partial charge < -0.3 is 16.0 Å². The van der Waals surface area contributed by atoms with Gasteiger partial charge in [0.15, 0.2) is 0 Å². The van der Waals surface area contributed by atoms with Crippen LogP contribution >= 0.6 is 0 Å². The largest absolute Gasteiger partial charge is 0.340 e. The highest BCUT2D eigenvalue weighted by Crippen LogP contribution is 2.23. The summed E-state index contributed by atoms with van der Waals surface area (Å²) in [7, 11) is 0. The Morgan fingerprint density at radius 1 is 0.962 bits per heavy atom. The summed E-state index contributed by atoms with van der Waals surface area (Å²) in [5.74, 6) is 1.20. The summed E-state index contributed by atoms with van der Waals surface area (Å²) in [6, 6.07) is 17.3. The minimum atomic E-state index is -0.0188. The lowest BCUT2D eigenvalue weighted by Crippen LogP contribution is -2.09. The highest BCUT2D eigenvalue weighted by Gasteiger charge is 2.06. The van der Waals surface area contributed by atoms with Gasteiger partial charge in [-0.15, -0.1) is 0 Å². The molecule has 3 N–H and O–H groups in total. The highest BCUT2D eigenvalue weighted by molar-refractivity contribution is 5.91. The van der Waals surface area contributed by atoms with Crippen LogP contribution in [0.1, 0.15) is 18.9 Å². The maximum Gasteiger partial charge on any atom is 0.229 e. The second-order valence-corrected chi connectivity index (χ2v) is 5.82. The van der Waals surface area contributed by atoms with Crippen LogP contribution in [0.2, 0.25) is 0 Å². The molecular weight excluding hydrogens is 326 g/mol. The van der Waals surface area contributed by atoms with Gasteiger partial charge in [-0.1, -0.05) is 31.2 Å². The van der Waals surface area contributed by atoms with E-state index in [1.165, 1.54) is 0 Å². The Balaban J connectivity index is 1.78. The summed E-state index contributed by atoms with van der Waals surface area (Å²) < 4.78 is 0. The molecule has 0 radical (unpaired) electrons. The number of hydrogen-bond donors (Lipinski definition) is 3. The van der Waals surface area contributed by atoms with E-state index in [9.17, 15) is 4.79 Å². The molecule has 0 spiro atoms. The number of carbonyl (C=O) groups excluding carboxylic acids is 1. The second kappa shape index (κ2) is 8.11. The Morgan fingerprint density at radius 2 is 1.69 bits per heavy atom. The van der Waals surface area contributed by atoms with E-state index in [-0.39, 0.29) is 5.91 Å². The summed E-state index contributed by atoms with van der Waals surface area (Å²) in [5, 5.41) is 9.32. The predicted molar refractivity (Wildman–Crippen MR) is 105 cm³/mol. The SMILES string of the molecule is CCC(=O)Nc1cccc(Nc2nc(Nc3ccccc3)ncc2C)c1. The summed E-state index contributed by atoms with van der Waals surface area (Å²) in [5.41, 5.74) is 3.43. The van der Waals surface area contributed by atoms with Crippen LogP contribution in [0.25, 0.3) is 0 Å². The van der Waals surface area contributed by atoms with Crippen molar-refractivity contribution in [3.05, 3.63) is 66.4 Å². The number of nitrogens with zero attached hydrogens (tertiary/aromatic N) is 2. The Bertz CT molecular complexity index is 896.